The van der Waals surface area contributed by atoms with E-state index in [9.17, 15) is 9.90 Å². The number of hydrogen-bond acceptors (Lipinski definition) is 7. The average Bonchev–Trinajstić information content (AvgIpc) is 3.36. The van der Waals surface area contributed by atoms with Gasteiger partial charge in [-0.15, -0.1) is 11.3 Å². The molecule has 1 aromatic carbocycles. The number of nitrogens with two attached hydrogens (primary N) is 1. The van der Waals surface area contributed by atoms with E-state index in [0.717, 1.165) is 34.8 Å². The molecule has 1 atom stereocenters. The second kappa shape index (κ2) is 9.48. The van der Waals surface area contributed by atoms with Crippen molar-refractivity contribution >= 4 is 34.5 Å². The van der Waals surface area contributed by atoms with Crippen LogP contribution < -0.4 is 10.5 Å². The molecule has 172 valence electrons. The topological polar surface area (TPSA) is 106 Å². The van der Waals surface area contributed by atoms with Crippen LogP contribution in [0.1, 0.15) is 39.4 Å². The van der Waals surface area contributed by atoms with Gasteiger partial charge in [-0.3, -0.25) is 9.20 Å². The molecular weight excluding hydrogens is 462 g/mol. The Labute approximate surface area is 200 Å². The van der Waals surface area contributed by atoms with Crippen LogP contribution in [-0.4, -0.2) is 44.4 Å². The molecule has 0 unspecified atom stereocenters. The first-order chi connectivity index (χ1) is 15.8. The molecule has 0 fully saturated rings. The maximum Gasteiger partial charge on any atom is 0.264 e. The van der Waals surface area contributed by atoms with Gasteiger partial charge in [0.25, 0.3) is 5.91 Å². The number of aliphatic hydroxyl groups is 1. The fourth-order valence-corrected chi connectivity index (χ4v) is 4.74. The van der Waals surface area contributed by atoms with Crippen LogP contribution in [0.15, 0.2) is 42.7 Å². The molecule has 0 saturated carbocycles. The van der Waals surface area contributed by atoms with Crippen LogP contribution >= 0.6 is 22.9 Å². The lowest BCUT2D eigenvalue weighted by atomic mass is 10.1. The lowest BCUT2D eigenvalue weighted by Gasteiger charge is -2.15. The zero-order chi connectivity index (χ0) is 23.7. The number of hydrogen-bond donors (Lipinski definition) is 2. The number of primary amides is 1. The maximum atomic E-state index is 12.1. The Kier molecular flexibility index (Phi) is 6.66. The predicted molar refractivity (Wildman–Crippen MR) is 129 cm³/mol. The highest BCUT2D eigenvalue weighted by Gasteiger charge is 2.23. The molecule has 3 aromatic heterocycles. The van der Waals surface area contributed by atoms with Crippen LogP contribution in [0.3, 0.4) is 0 Å². The largest absolute Gasteiger partial charge is 0.469 e. The van der Waals surface area contributed by atoms with Gasteiger partial charge in [0.05, 0.1) is 12.8 Å². The molecule has 33 heavy (non-hydrogen) atoms. The minimum Gasteiger partial charge on any atom is -0.469 e. The van der Waals surface area contributed by atoms with E-state index in [1.807, 2.05) is 43.7 Å². The van der Waals surface area contributed by atoms with Crippen molar-refractivity contribution in [3.63, 3.8) is 0 Å². The van der Waals surface area contributed by atoms with Gasteiger partial charge >= 0.3 is 0 Å². The third kappa shape index (κ3) is 4.86. The van der Waals surface area contributed by atoms with Crippen molar-refractivity contribution in [2.45, 2.75) is 26.2 Å². The molecule has 4 aromatic rings. The summed E-state index contributed by atoms with van der Waals surface area (Å²) >= 11 is 7.52. The summed E-state index contributed by atoms with van der Waals surface area (Å²) in [5, 5.41) is 10.3. The number of amides is 1. The highest BCUT2D eigenvalue weighted by Crippen LogP contribution is 2.36. The minimum absolute atomic E-state index is 0.105. The first-order valence-electron chi connectivity index (χ1n) is 10.2. The van der Waals surface area contributed by atoms with Crippen molar-refractivity contribution in [3.8, 4) is 16.6 Å². The summed E-state index contributed by atoms with van der Waals surface area (Å²) in [6, 6.07) is 9.22. The van der Waals surface area contributed by atoms with Gasteiger partial charge in [-0.05, 0) is 44.3 Å². The van der Waals surface area contributed by atoms with E-state index in [-0.39, 0.29) is 17.4 Å². The van der Waals surface area contributed by atoms with Crippen LogP contribution in [0.25, 0.3) is 16.3 Å². The van der Waals surface area contributed by atoms with Gasteiger partial charge in [0.2, 0.25) is 5.88 Å². The standard InChI is InChI=1S/C23H24ClN5O3S/c1-13(16-6-4-14(12-30)8-17(16)24)32-22-20(21(25)31)33-23(27-22)18-9-26-19-7-5-15(10-28(2)3)11-29(18)19/h4-9,11,13,30H,10,12H2,1-3H3,(H2,25,31)/t13-/m1/s1. The summed E-state index contributed by atoms with van der Waals surface area (Å²) < 4.78 is 7.97. The molecule has 1 amide bonds. The molecule has 0 bridgehead atoms. The molecule has 0 aliphatic rings. The molecular formula is C23H24ClN5O3S. The number of nitrogens with zero attached hydrogens (tertiary/aromatic N) is 4. The van der Waals surface area contributed by atoms with Gasteiger partial charge in [-0.1, -0.05) is 29.8 Å². The summed E-state index contributed by atoms with van der Waals surface area (Å²) in [6.07, 6.45) is 3.23. The van der Waals surface area contributed by atoms with Crippen molar-refractivity contribution in [2.24, 2.45) is 5.73 Å². The number of carbonyl (C=O) groups excluding carboxylic acids is 1. The smallest absolute Gasteiger partial charge is 0.264 e. The third-order valence-electron chi connectivity index (χ3n) is 5.08. The Hall–Kier alpha value is -2.98. The van der Waals surface area contributed by atoms with Gasteiger partial charge in [-0.2, -0.15) is 4.98 Å². The Bertz CT molecular complexity index is 1320. The first kappa shape index (κ1) is 23.2. The molecule has 0 saturated heterocycles. The molecule has 0 radical (unpaired) electrons. The van der Waals surface area contributed by atoms with Crippen molar-refractivity contribution < 1.29 is 14.6 Å². The summed E-state index contributed by atoms with van der Waals surface area (Å²) in [6.45, 7) is 2.48. The molecule has 0 aliphatic heterocycles. The Morgan fingerprint density at radius 2 is 2.06 bits per heavy atom. The van der Waals surface area contributed by atoms with E-state index in [0.29, 0.717) is 21.2 Å². The van der Waals surface area contributed by atoms with E-state index >= 15 is 0 Å². The van der Waals surface area contributed by atoms with E-state index in [4.69, 9.17) is 22.1 Å². The molecule has 10 heteroatoms. The summed E-state index contributed by atoms with van der Waals surface area (Å²) in [7, 11) is 4.01. The number of benzene rings is 1. The summed E-state index contributed by atoms with van der Waals surface area (Å²) in [4.78, 5) is 23.5. The Balaban J connectivity index is 1.69. The van der Waals surface area contributed by atoms with Crippen molar-refractivity contribution in [1.29, 1.82) is 0 Å². The molecule has 0 aliphatic carbocycles. The molecule has 3 heterocycles. The van der Waals surface area contributed by atoms with Crippen LogP contribution in [0, 0.1) is 0 Å². The van der Waals surface area contributed by atoms with Gasteiger partial charge < -0.3 is 20.5 Å². The highest BCUT2D eigenvalue weighted by atomic mass is 35.5. The number of pyridine rings is 1. The van der Waals surface area contributed by atoms with Crippen molar-refractivity contribution in [3.05, 3.63) is 69.3 Å². The second-order valence-corrected chi connectivity index (χ2v) is 9.34. The van der Waals surface area contributed by atoms with Gasteiger partial charge in [-0.25, -0.2) is 4.98 Å². The lowest BCUT2D eigenvalue weighted by molar-refractivity contribution is 0.0997. The number of aromatic nitrogens is 3. The van der Waals surface area contributed by atoms with Crippen LogP contribution in [-0.2, 0) is 13.2 Å². The van der Waals surface area contributed by atoms with Crippen molar-refractivity contribution in [2.75, 3.05) is 14.1 Å². The van der Waals surface area contributed by atoms with Gasteiger partial charge in [0.1, 0.15) is 22.5 Å². The quantitative estimate of drug-likeness (QED) is 0.392. The van der Waals surface area contributed by atoms with Crippen LogP contribution in [0.4, 0.5) is 0 Å². The summed E-state index contributed by atoms with van der Waals surface area (Å²) in [5.41, 5.74) is 9.66. The number of rotatable bonds is 8. The third-order valence-corrected chi connectivity index (χ3v) is 6.48. The average molecular weight is 486 g/mol. The molecule has 8 nitrogen and oxygen atoms in total. The zero-order valence-electron chi connectivity index (χ0n) is 18.4. The fourth-order valence-electron chi connectivity index (χ4n) is 3.52. The van der Waals surface area contributed by atoms with Crippen LogP contribution in [0.5, 0.6) is 5.88 Å². The predicted octanol–water partition coefficient (Wildman–Crippen LogP) is 3.90. The molecule has 4 rings (SSSR count). The zero-order valence-corrected chi connectivity index (χ0v) is 20.0. The molecule has 0 spiro atoms. The van der Waals surface area contributed by atoms with Crippen LogP contribution in [0.2, 0.25) is 5.02 Å². The number of carbonyl (C=O) groups is 1. The van der Waals surface area contributed by atoms with Gasteiger partial charge in [0, 0.05) is 23.3 Å². The van der Waals surface area contributed by atoms with E-state index in [1.165, 1.54) is 0 Å². The van der Waals surface area contributed by atoms with E-state index in [1.54, 1.807) is 24.4 Å². The highest BCUT2D eigenvalue weighted by molar-refractivity contribution is 7.17. The monoisotopic (exact) mass is 485 g/mol. The number of imidazole rings is 1. The normalized spacial score (nSPS) is 12.4. The Morgan fingerprint density at radius 1 is 1.30 bits per heavy atom. The molecule has 3 N–H and O–H groups in total. The first-order valence-corrected chi connectivity index (χ1v) is 11.4. The summed E-state index contributed by atoms with van der Waals surface area (Å²) in [5.74, 6) is -0.471. The number of thiazole rings is 1. The number of fused-ring (bicyclic) bond motifs is 1. The SMILES string of the molecule is C[C@@H](Oc1nc(-c2cnc3ccc(CN(C)C)cn23)sc1C(N)=O)c1ccc(CO)cc1Cl. The Morgan fingerprint density at radius 3 is 2.73 bits per heavy atom. The second-order valence-electron chi connectivity index (χ2n) is 7.94. The lowest BCUT2D eigenvalue weighted by Crippen LogP contribution is -2.12. The number of halogens is 1. The maximum absolute atomic E-state index is 12.1. The number of aliphatic hydroxyl groups excluding tert-OH is 1. The number of ether oxygens (including phenoxy) is 1. The van der Waals surface area contributed by atoms with Gasteiger partial charge in [0.15, 0.2) is 4.88 Å². The fraction of sp³-hybridized carbons (Fsp3) is 0.261. The van der Waals surface area contributed by atoms with E-state index in [2.05, 4.69) is 14.9 Å². The van der Waals surface area contributed by atoms with E-state index < -0.39 is 12.0 Å². The minimum atomic E-state index is -0.621. The van der Waals surface area contributed by atoms with Crippen molar-refractivity contribution in [1.82, 2.24) is 19.3 Å².